The van der Waals surface area contributed by atoms with Gasteiger partial charge in [0.1, 0.15) is 0 Å². The predicted octanol–water partition coefficient (Wildman–Crippen LogP) is 1.70. The highest BCUT2D eigenvalue weighted by atomic mass is 15.4. The monoisotopic (exact) mass is 273 g/mol. The third kappa shape index (κ3) is 2.71. The molecule has 3 rings (SSSR count). The van der Waals surface area contributed by atoms with Crippen LogP contribution in [0.1, 0.15) is 26.2 Å². The Balaban J connectivity index is 1.85. The summed E-state index contributed by atoms with van der Waals surface area (Å²) in [6, 6.07) is 2.29. The number of nitrogens with zero attached hydrogens (tertiary/aromatic N) is 5. The number of nitrogens with one attached hydrogen (secondary N) is 2. The van der Waals surface area contributed by atoms with Gasteiger partial charge >= 0.3 is 0 Å². The van der Waals surface area contributed by atoms with Gasteiger partial charge in [-0.25, -0.2) is 4.68 Å². The first kappa shape index (κ1) is 12.8. The summed E-state index contributed by atoms with van der Waals surface area (Å²) in [4.78, 5) is 13.1. The molecule has 2 unspecified atom stereocenters. The van der Waals surface area contributed by atoms with Crippen LogP contribution in [0.3, 0.4) is 0 Å². The van der Waals surface area contributed by atoms with Gasteiger partial charge in [-0.05, 0) is 31.2 Å². The molecule has 1 fully saturated rings. The summed E-state index contributed by atoms with van der Waals surface area (Å²) in [6.45, 7) is 2.28. The molecule has 0 aliphatic heterocycles. The zero-order valence-electron chi connectivity index (χ0n) is 11.7. The van der Waals surface area contributed by atoms with Gasteiger partial charge in [0.15, 0.2) is 0 Å². The summed E-state index contributed by atoms with van der Waals surface area (Å²) in [7, 11) is 1.80. The molecule has 2 N–H and O–H groups in total. The summed E-state index contributed by atoms with van der Waals surface area (Å²) in [5, 5.41) is 10.5. The Morgan fingerprint density at radius 3 is 2.70 bits per heavy atom. The van der Waals surface area contributed by atoms with Crippen LogP contribution in [0.2, 0.25) is 0 Å². The zero-order valence-corrected chi connectivity index (χ0v) is 11.7. The maximum absolute atomic E-state index is 4.44. The van der Waals surface area contributed by atoms with E-state index in [9.17, 15) is 0 Å². The highest BCUT2D eigenvalue weighted by Gasteiger charge is 2.22. The fourth-order valence-electron chi connectivity index (χ4n) is 2.55. The van der Waals surface area contributed by atoms with Crippen LogP contribution < -0.4 is 10.6 Å². The minimum absolute atomic E-state index is 0.447. The molecule has 0 aromatic carbocycles. The van der Waals surface area contributed by atoms with E-state index in [1.807, 2.05) is 12.3 Å². The number of rotatable bonds is 4. The summed E-state index contributed by atoms with van der Waals surface area (Å²) in [5.41, 5.74) is 0. The fraction of sp³-hybridized carbons (Fsp3) is 0.538. The molecule has 0 spiro atoms. The lowest BCUT2D eigenvalue weighted by molar-refractivity contribution is 0.601. The number of aromatic nitrogens is 5. The quantitative estimate of drug-likeness (QED) is 0.882. The van der Waals surface area contributed by atoms with Crippen molar-refractivity contribution in [1.82, 2.24) is 24.7 Å². The van der Waals surface area contributed by atoms with E-state index in [4.69, 9.17) is 0 Å². The van der Waals surface area contributed by atoms with Crippen molar-refractivity contribution in [2.24, 2.45) is 5.92 Å². The van der Waals surface area contributed by atoms with E-state index in [1.165, 1.54) is 12.8 Å². The van der Waals surface area contributed by atoms with Crippen molar-refractivity contribution in [1.29, 1.82) is 0 Å². The van der Waals surface area contributed by atoms with Crippen molar-refractivity contribution < 1.29 is 0 Å². The van der Waals surface area contributed by atoms with Crippen molar-refractivity contribution in [3.05, 3.63) is 18.5 Å². The first-order valence-corrected chi connectivity index (χ1v) is 6.95. The molecule has 0 amide bonds. The lowest BCUT2D eigenvalue weighted by Crippen LogP contribution is -2.19. The molecule has 2 aromatic rings. The van der Waals surface area contributed by atoms with Crippen LogP contribution in [-0.2, 0) is 0 Å². The summed E-state index contributed by atoms with van der Waals surface area (Å²) < 4.78 is 1.63. The van der Waals surface area contributed by atoms with E-state index < -0.39 is 0 Å². The third-order valence-corrected chi connectivity index (χ3v) is 3.58. The van der Waals surface area contributed by atoms with Gasteiger partial charge in [-0.3, -0.25) is 0 Å². The summed E-state index contributed by atoms with van der Waals surface area (Å²) in [5.74, 6) is 2.43. The van der Waals surface area contributed by atoms with E-state index in [0.717, 1.165) is 12.3 Å². The van der Waals surface area contributed by atoms with Crippen molar-refractivity contribution in [2.45, 2.75) is 32.2 Å². The second-order valence-corrected chi connectivity index (χ2v) is 5.24. The van der Waals surface area contributed by atoms with Crippen molar-refractivity contribution in [3.8, 4) is 5.95 Å². The Morgan fingerprint density at radius 1 is 1.20 bits per heavy atom. The lowest BCUT2D eigenvalue weighted by Gasteiger charge is -2.13. The number of hydrogen-bond acceptors (Lipinski definition) is 6. The fourth-order valence-corrected chi connectivity index (χ4v) is 2.55. The molecule has 1 saturated carbocycles. The lowest BCUT2D eigenvalue weighted by atomic mass is 10.1. The van der Waals surface area contributed by atoms with E-state index >= 15 is 0 Å². The van der Waals surface area contributed by atoms with E-state index in [1.54, 1.807) is 17.9 Å². The van der Waals surface area contributed by atoms with Gasteiger partial charge in [-0.1, -0.05) is 6.92 Å². The second kappa shape index (κ2) is 5.44. The molecule has 0 saturated heterocycles. The maximum atomic E-state index is 4.44. The van der Waals surface area contributed by atoms with E-state index in [2.05, 4.69) is 37.6 Å². The highest BCUT2D eigenvalue weighted by Crippen LogP contribution is 2.26. The molecule has 20 heavy (non-hydrogen) atoms. The normalized spacial score (nSPS) is 21.9. The number of anilines is 2. The van der Waals surface area contributed by atoms with Crippen LogP contribution in [0.5, 0.6) is 0 Å². The average molecular weight is 273 g/mol. The van der Waals surface area contributed by atoms with E-state index in [-0.39, 0.29) is 0 Å². The standard InChI is InChI=1S/C13H19N7/c1-9-4-5-10(8-9)16-12-17-11(14-2)18-13(19-12)20-7-3-6-15-20/h3,6-7,9-10H,4-5,8H2,1-2H3,(H2,14,16,17,18,19). The Bertz CT molecular complexity index is 566. The van der Waals surface area contributed by atoms with Crippen LogP contribution in [0.25, 0.3) is 5.95 Å². The van der Waals surface area contributed by atoms with Crippen LogP contribution in [0.4, 0.5) is 11.9 Å². The Hall–Kier alpha value is -2.18. The maximum Gasteiger partial charge on any atom is 0.257 e. The van der Waals surface area contributed by atoms with E-state index in [0.29, 0.717) is 23.9 Å². The molecule has 7 nitrogen and oxygen atoms in total. The predicted molar refractivity (Wildman–Crippen MR) is 76.9 cm³/mol. The number of hydrogen-bond donors (Lipinski definition) is 2. The first-order valence-electron chi connectivity index (χ1n) is 6.95. The Kier molecular flexibility index (Phi) is 3.49. The van der Waals surface area contributed by atoms with Crippen molar-refractivity contribution in [3.63, 3.8) is 0 Å². The summed E-state index contributed by atoms with van der Waals surface area (Å²) in [6.07, 6.45) is 7.11. The summed E-state index contributed by atoms with van der Waals surface area (Å²) >= 11 is 0. The van der Waals surface area contributed by atoms with Crippen molar-refractivity contribution in [2.75, 3.05) is 17.7 Å². The van der Waals surface area contributed by atoms with Gasteiger partial charge in [-0.15, -0.1) is 0 Å². The van der Waals surface area contributed by atoms with Crippen LogP contribution in [0, 0.1) is 5.92 Å². The molecule has 106 valence electrons. The molecule has 7 heteroatoms. The smallest absolute Gasteiger partial charge is 0.257 e. The van der Waals surface area contributed by atoms with Crippen molar-refractivity contribution >= 4 is 11.9 Å². The Morgan fingerprint density at radius 2 is 2.05 bits per heavy atom. The second-order valence-electron chi connectivity index (χ2n) is 5.24. The molecular weight excluding hydrogens is 254 g/mol. The molecule has 0 radical (unpaired) electrons. The van der Waals surface area contributed by atoms with Crippen LogP contribution in [0.15, 0.2) is 18.5 Å². The molecular formula is C13H19N7. The van der Waals surface area contributed by atoms with Gasteiger partial charge in [0.05, 0.1) is 0 Å². The third-order valence-electron chi connectivity index (χ3n) is 3.58. The van der Waals surface area contributed by atoms with Gasteiger partial charge in [0, 0.05) is 25.5 Å². The first-order chi connectivity index (χ1) is 9.74. The Labute approximate surface area is 117 Å². The molecule has 2 aromatic heterocycles. The average Bonchev–Trinajstić information content (AvgIpc) is 3.10. The molecule has 2 atom stereocenters. The molecule has 1 aliphatic carbocycles. The largest absolute Gasteiger partial charge is 0.357 e. The zero-order chi connectivity index (χ0) is 13.9. The topological polar surface area (TPSA) is 80.5 Å². The van der Waals surface area contributed by atoms with Gasteiger partial charge in [0.2, 0.25) is 11.9 Å². The van der Waals surface area contributed by atoms with Crippen LogP contribution >= 0.6 is 0 Å². The highest BCUT2D eigenvalue weighted by molar-refractivity contribution is 5.38. The molecule has 1 aliphatic rings. The minimum atomic E-state index is 0.447. The molecule has 0 bridgehead atoms. The van der Waals surface area contributed by atoms with Crippen LogP contribution in [-0.4, -0.2) is 37.8 Å². The minimum Gasteiger partial charge on any atom is -0.357 e. The SMILES string of the molecule is CNc1nc(NC2CCC(C)C2)nc(-n2cccn2)n1. The molecule has 2 heterocycles. The van der Waals surface area contributed by atoms with Gasteiger partial charge in [-0.2, -0.15) is 20.1 Å². The van der Waals surface area contributed by atoms with Gasteiger partial charge in [0.25, 0.3) is 5.95 Å². The van der Waals surface area contributed by atoms with Gasteiger partial charge < -0.3 is 10.6 Å².